The van der Waals surface area contributed by atoms with Crippen molar-refractivity contribution in [1.82, 2.24) is 0 Å². The first-order valence-corrected chi connectivity index (χ1v) is 3.29. The molecule has 0 heterocycles. The Balaban J connectivity index is 4.41. The lowest BCUT2D eigenvalue weighted by molar-refractivity contribution is 2.06. The molecular formula is C6H2Br2. The summed E-state index contributed by atoms with van der Waals surface area (Å²) in [6.07, 6.45) is 9.94. The highest BCUT2D eigenvalue weighted by Crippen LogP contribution is 2.14. The highest BCUT2D eigenvalue weighted by Gasteiger charge is 1.88. The summed E-state index contributed by atoms with van der Waals surface area (Å²) in [5.74, 6) is 4.65. The van der Waals surface area contributed by atoms with Gasteiger partial charge in [0.25, 0.3) is 0 Å². The molecule has 0 saturated heterocycles. The highest BCUT2D eigenvalue weighted by atomic mass is 79.9. The predicted octanol–water partition coefficient (Wildman–Crippen LogP) is 2.25. The minimum absolute atomic E-state index is 0.569. The summed E-state index contributed by atoms with van der Waals surface area (Å²) in [5.41, 5.74) is 0. The monoisotopic (exact) mass is 232 g/mol. The fourth-order valence-corrected chi connectivity index (χ4v) is 0.356. The summed E-state index contributed by atoms with van der Waals surface area (Å²) >= 11 is 6.11. The van der Waals surface area contributed by atoms with Crippen LogP contribution < -0.4 is 0 Å². The SMILES string of the molecule is C#C/C(Br)=C(\Br)C#C. The molecule has 0 nitrogen and oxygen atoms in total. The van der Waals surface area contributed by atoms with Crippen molar-refractivity contribution in [3.05, 3.63) is 8.96 Å². The Labute approximate surface area is 65.6 Å². The lowest BCUT2D eigenvalue weighted by Gasteiger charge is -1.82. The number of hydrogen-bond donors (Lipinski definition) is 0. The lowest BCUT2D eigenvalue weighted by atomic mass is 10.5. The molecule has 0 aromatic carbocycles. The van der Waals surface area contributed by atoms with Gasteiger partial charge in [0.15, 0.2) is 0 Å². The third kappa shape index (κ3) is 2.21. The van der Waals surface area contributed by atoms with E-state index >= 15 is 0 Å². The van der Waals surface area contributed by atoms with Crippen LogP contribution >= 0.6 is 31.9 Å². The summed E-state index contributed by atoms with van der Waals surface area (Å²) in [7, 11) is 0. The van der Waals surface area contributed by atoms with Gasteiger partial charge in [-0.15, -0.1) is 12.8 Å². The van der Waals surface area contributed by atoms with Crippen LogP contribution in [-0.2, 0) is 0 Å². The fraction of sp³-hybridized carbons (Fsp3) is 0. The van der Waals surface area contributed by atoms with Gasteiger partial charge < -0.3 is 0 Å². The summed E-state index contributed by atoms with van der Waals surface area (Å²) < 4.78 is 1.14. The molecule has 0 aromatic rings. The summed E-state index contributed by atoms with van der Waals surface area (Å²) in [6.45, 7) is 0. The molecule has 0 N–H and O–H groups in total. The van der Waals surface area contributed by atoms with Crippen molar-refractivity contribution in [3.63, 3.8) is 0 Å². The quantitative estimate of drug-likeness (QED) is 0.564. The molecule has 0 saturated carbocycles. The van der Waals surface area contributed by atoms with Crippen molar-refractivity contribution in [2.75, 3.05) is 0 Å². The zero-order valence-electron chi connectivity index (χ0n) is 3.91. The second kappa shape index (κ2) is 3.78. The van der Waals surface area contributed by atoms with Crippen LogP contribution in [0.1, 0.15) is 0 Å². The number of rotatable bonds is 0. The molecule has 0 aliphatic carbocycles. The minimum atomic E-state index is 0.569. The standard InChI is InChI=1S/C6H2Br2/c1-3-5(7)6(8)4-2/h1-2H/b6-5+. The van der Waals surface area contributed by atoms with E-state index in [4.69, 9.17) is 12.8 Å². The van der Waals surface area contributed by atoms with E-state index in [1.54, 1.807) is 0 Å². The molecule has 0 aromatic heterocycles. The molecule has 0 aliphatic heterocycles. The molecule has 0 rings (SSSR count). The molecule has 0 radical (unpaired) electrons. The van der Waals surface area contributed by atoms with E-state index in [0.717, 1.165) is 0 Å². The Morgan fingerprint density at radius 2 is 1.25 bits per heavy atom. The molecule has 0 spiro atoms. The Morgan fingerprint density at radius 1 is 1.00 bits per heavy atom. The Bertz CT molecular complexity index is 166. The topological polar surface area (TPSA) is 0 Å². The van der Waals surface area contributed by atoms with Crippen LogP contribution in [0.3, 0.4) is 0 Å². The van der Waals surface area contributed by atoms with Gasteiger partial charge in [-0.3, -0.25) is 0 Å². The maximum Gasteiger partial charge on any atom is 0.0897 e. The highest BCUT2D eigenvalue weighted by molar-refractivity contribution is 9.14. The van der Waals surface area contributed by atoms with Crippen molar-refractivity contribution in [2.45, 2.75) is 0 Å². The number of hydrogen-bond acceptors (Lipinski definition) is 0. The Kier molecular flexibility index (Phi) is 3.69. The van der Waals surface area contributed by atoms with Crippen molar-refractivity contribution in [2.24, 2.45) is 0 Å². The van der Waals surface area contributed by atoms with Gasteiger partial charge in [0.05, 0.1) is 8.96 Å². The molecule has 0 unspecified atom stereocenters. The smallest absolute Gasteiger partial charge is 0.0897 e. The van der Waals surface area contributed by atoms with E-state index in [-0.39, 0.29) is 0 Å². The maximum absolute atomic E-state index is 4.97. The van der Waals surface area contributed by atoms with E-state index in [0.29, 0.717) is 8.96 Å². The first kappa shape index (κ1) is 7.82. The third-order valence-corrected chi connectivity index (χ3v) is 2.23. The summed E-state index contributed by atoms with van der Waals surface area (Å²) in [6, 6.07) is 0. The zero-order valence-corrected chi connectivity index (χ0v) is 7.08. The van der Waals surface area contributed by atoms with Gasteiger partial charge in [-0.05, 0) is 31.9 Å². The van der Waals surface area contributed by atoms with E-state index in [2.05, 4.69) is 43.7 Å². The van der Waals surface area contributed by atoms with E-state index in [1.165, 1.54) is 0 Å². The van der Waals surface area contributed by atoms with Crippen molar-refractivity contribution in [3.8, 4) is 24.7 Å². The van der Waals surface area contributed by atoms with Gasteiger partial charge in [0.2, 0.25) is 0 Å². The molecule has 0 amide bonds. The van der Waals surface area contributed by atoms with Gasteiger partial charge in [-0.25, -0.2) is 0 Å². The Hall–Kier alpha value is -0.180. The van der Waals surface area contributed by atoms with Gasteiger partial charge in [0, 0.05) is 0 Å². The van der Waals surface area contributed by atoms with Crippen LogP contribution in [0.15, 0.2) is 8.96 Å². The maximum atomic E-state index is 4.97. The normalized spacial score (nSPS) is 11.0. The van der Waals surface area contributed by atoms with Crippen LogP contribution in [0.5, 0.6) is 0 Å². The van der Waals surface area contributed by atoms with Crippen LogP contribution in [0, 0.1) is 24.7 Å². The molecule has 0 aliphatic rings. The molecule has 0 fully saturated rings. The number of terminal acetylenes is 2. The van der Waals surface area contributed by atoms with Crippen molar-refractivity contribution >= 4 is 31.9 Å². The summed E-state index contributed by atoms with van der Waals surface area (Å²) in [5, 5.41) is 0. The van der Waals surface area contributed by atoms with Gasteiger partial charge in [-0.1, -0.05) is 11.8 Å². The van der Waals surface area contributed by atoms with Crippen molar-refractivity contribution < 1.29 is 0 Å². The summed E-state index contributed by atoms with van der Waals surface area (Å²) in [4.78, 5) is 0. The Morgan fingerprint density at radius 3 is 1.38 bits per heavy atom. The molecule has 2 heteroatoms. The molecule has 0 atom stereocenters. The van der Waals surface area contributed by atoms with Crippen LogP contribution in [0.25, 0.3) is 0 Å². The number of halogens is 2. The van der Waals surface area contributed by atoms with Crippen LogP contribution in [0.4, 0.5) is 0 Å². The lowest BCUT2D eigenvalue weighted by Crippen LogP contribution is -1.64. The second-order valence-electron chi connectivity index (χ2n) is 0.917. The van der Waals surface area contributed by atoms with Gasteiger partial charge in [-0.2, -0.15) is 0 Å². The van der Waals surface area contributed by atoms with E-state index < -0.39 is 0 Å². The minimum Gasteiger partial charge on any atom is -0.114 e. The second-order valence-corrected chi connectivity index (χ2v) is 2.50. The zero-order chi connectivity index (χ0) is 6.57. The number of allylic oxidation sites excluding steroid dienone is 2. The van der Waals surface area contributed by atoms with E-state index in [9.17, 15) is 0 Å². The third-order valence-electron chi connectivity index (χ3n) is 0.446. The molecule has 40 valence electrons. The van der Waals surface area contributed by atoms with Gasteiger partial charge in [0.1, 0.15) is 0 Å². The fourth-order valence-electron chi connectivity index (χ4n) is 0.127. The van der Waals surface area contributed by atoms with Gasteiger partial charge >= 0.3 is 0 Å². The molecule has 0 bridgehead atoms. The van der Waals surface area contributed by atoms with E-state index in [1.807, 2.05) is 0 Å². The average molecular weight is 234 g/mol. The molecular weight excluding hydrogens is 232 g/mol. The van der Waals surface area contributed by atoms with Crippen molar-refractivity contribution in [1.29, 1.82) is 0 Å². The predicted molar refractivity (Wildman–Crippen MR) is 42.5 cm³/mol. The van der Waals surface area contributed by atoms with Crippen LogP contribution in [-0.4, -0.2) is 0 Å². The average Bonchev–Trinajstić information content (AvgIpc) is 1.84. The first-order chi connectivity index (χ1) is 3.72. The first-order valence-electron chi connectivity index (χ1n) is 1.71. The van der Waals surface area contributed by atoms with Crippen LogP contribution in [0.2, 0.25) is 0 Å². The largest absolute Gasteiger partial charge is 0.114 e. The molecule has 8 heavy (non-hydrogen) atoms.